The number of alkyl carbamates (subject to hydrolysis) is 1. The summed E-state index contributed by atoms with van der Waals surface area (Å²) in [7, 11) is 0. The zero-order valence-electron chi connectivity index (χ0n) is 33.6. The summed E-state index contributed by atoms with van der Waals surface area (Å²) in [5.41, 5.74) is -7.97. The van der Waals surface area contributed by atoms with Crippen LogP contribution in [0.2, 0.25) is 0 Å². The zero-order valence-corrected chi connectivity index (χ0v) is 33.6. The molecule has 308 valence electrons. The number of rotatable bonds is 8. The molecular weight excluding hydrogens is 730 g/mol. The molecule has 1 aromatic rings. The molecule has 2 saturated carbocycles. The van der Waals surface area contributed by atoms with Crippen LogP contribution in [-0.2, 0) is 42.9 Å². The predicted octanol–water partition coefficient (Wildman–Crippen LogP) is 2.91. The third-order valence-corrected chi connectivity index (χ3v) is 12.3. The van der Waals surface area contributed by atoms with Gasteiger partial charge < -0.3 is 49.4 Å². The van der Waals surface area contributed by atoms with Crippen LogP contribution in [-0.4, -0.2) is 110 Å². The number of ether oxygens (including phenoxy) is 5. The molecule has 3 aliphatic carbocycles. The molecule has 11 atom stereocenters. The molecule has 15 nitrogen and oxygen atoms in total. The van der Waals surface area contributed by atoms with Gasteiger partial charge in [-0.15, -0.1) is 0 Å². The molecule has 1 aromatic carbocycles. The summed E-state index contributed by atoms with van der Waals surface area (Å²) < 4.78 is 29.3. The van der Waals surface area contributed by atoms with Crippen molar-refractivity contribution < 1.29 is 68.1 Å². The highest BCUT2D eigenvalue weighted by molar-refractivity contribution is 5.94. The molecule has 3 fully saturated rings. The van der Waals surface area contributed by atoms with Gasteiger partial charge in [0, 0.05) is 30.8 Å². The van der Waals surface area contributed by atoms with E-state index in [1.165, 1.54) is 26.8 Å². The van der Waals surface area contributed by atoms with Gasteiger partial charge >= 0.3 is 24.0 Å². The summed E-state index contributed by atoms with van der Waals surface area (Å²) in [5.74, 6) is -5.29. The van der Waals surface area contributed by atoms with Crippen molar-refractivity contribution in [1.82, 2.24) is 5.32 Å². The number of aliphatic hydroxyl groups excluding tert-OH is 3. The lowest BCUT2D eigenvalue weighted by molar-refractivity contribution is -0.347. The van der Waals surface area contributed by atoms with Crippen molar-refractivity contribution in [2.45, 2.75) is 142 Å². The average Bonchev–Trinajstić information content (AvgIpc) is 3.10. The van der Waals surface area contributed by atoms with Crippen LogP contribution in [0.5, 0.6) is 0 Å². The van der Waals surface area contributed by atoms with E-state index in [0.29, 0.717) is 5.56 Å². The molecule has 1 aliphatic heterocycles. The van der Waals surface area contributed by atoms with Gasteiger partial charge in [0.05, 0.1) is 30.1 Å². The number of nitrogens with one attached hydrogen (secondary N) is 1. The Hall–Kier alpha value is -4.15. The molecule has 1 heterocycles. The third kappa shape index (κ3) is 7.06. The molecular formula is C41H55NO14. The van der Waals surface area contributed by atoms with Crippen LogP contribution in [0, 0.1) is 16.7 Å². The summed E-state index contributed by atoms with van der Waals surface area (Å²) in [6.45, 7) is 14.9. The molecule has 1 saturated heterocycles. The second kappa shape index (κ2) is 15.0. The van der Waals surface area contributed by atoms with Gasteiger partial charge in [-0.25, -0.2) is 14.4 Å². The number of ketones is 1. The highest BCUT2D eigenvalue weighted by Gasteiger charge is 2.78. The summed E-state index contributed by atoms with van der Waals surface area (Å²) in [4.78, 5) is 68.3. The molecule has 0 spiro atoms. The Morgan fingerprint density at radius 3 is 2.20 bits per heavy atom. The van der Waals surface area contributed by atoms with E-state index in [1.54, 1.807) is 71.9 Å². The Labute approximate surface area is 326 Å². The molecule has 5 N–H and O–H groups in total. The molecule has 0 aromatic heterocycles. The largest absolute Gasteiger partial charge is 0.456 e. The van der Waals surface area contributed by atoms with E-state index in [4.69, 9.17) is 23.7 Å². The summed E-state index contributed by atoms with van der Waals surface area (Å²) in [6, 6.07) is 6.78. The van der Waals surface area contributed by atoms with Crippen molar-refractivity contribution in [2.24, 2.45) is 16.7 Å². The standard InChI is InChI=1S/C41H55NO14/c1-11-20(2)34(48)54-33-31-39(10,25(44)17-26-40(31,19-52-26)55-22(4)43)32(47)29(45)27-21(3)24(18-41(33,51)38(27,8)9)53-35(49)30(46)28(23-15-13-12-14-16-23)42-36(50)56-37(5,6)7/h11-16,24-26,28-31,33,44-46,51H,17-19H2,1-10H3,(H,42,50)/t24-,25-,26+,28-,29+,30+,31+,33-,39-,40-,41-/m0/s1. The van der Waals surface area contributed by atoms with E-state index in [0.717, 1.165) is 6.92 Å². The fourth-order valence-corrected chi connectivity index (χ4v) is 9.13. The molecule has 4 aliphatic rings. The molecule has 0 radical (unpaired) electrons. The summed E-state index contributed by atoms with van der Waals surface area (Å²) in [5, 5.41) is 51.3. The summed E-state index contributed by atoms with van der Waals surface area (Å²) in [6.07, 6.45) is -9.87. The monoisotopic (exact) mass is 785 g/mol. The van der Waals surface area contributed by atoms with Gasteiger partial charge in [0.15, 0.2) is 17.5 Å². The minimum Gasteiger partial charge on any atom is -0.456 e. The number of amides is 1. The number of hydrogen-bond acceptors (Lipinski definition) is 14. The Morgan fingerprint density at radius 1 is 1.04 bits per heavy atom. The first-order valence-electron chi connectivity index (χ1n) is 18.8. The van der Waals surface area contributed by atoms with Gasteiger partial charge in [-0.3, -0.25) is 9.59 Å². The zero-order chi connectivity index (χ0) is 41.9. The van der Waals surface area contributed by atoms with Gasteiger partial charge in [-0.1, -0.05) is 50.3 Å². The van der Waals surface area contributed by atoms with Crippen molar-refractivity contribution >= 4 is 29.8 Å². The topological polar surface area (TPSA) is 224 Å². The van der Waals surface area contributed by atoms with Crippen LogP contribution < -0.4 is 5.32 Å². The van der Waals surface area contributed by atoms with E-state index in [-0.39, 0.29) is 29.7 Å². The van der Waals surface area contributed by atoms with Crippen molar-refractivity contribution in [1.29, 1.82) is 0 Å². The lowest BCUT2D eigenvalue weighted by Gasteiger charge is -2.67. The van der Waals surface area contributed by atoms with Crippen molar-refractivity contribution in [3.63, 3.8) is 0 Å². The number of Topliss-reactive ketones (excluding diaryl/α,β-unsaturated/α-hetero) is 1. The fourth-order valence-electron chi connectivity index (χ4n) is 9.13. The van der Waals surface area contributed by atoms with Gasteiger partial charge in [0.25, 0.3) is 0 Å². The van der Waals surface area contributed by atoms with Crippen molar-refractivity contribution in [3.05, 3.63) is 58.7 Å². The fraction of sp³-hybridized carbons (Fsp3) is 0.634. The predicted molar refractivity (Wildman–Crippen MR) is 197 cm³/mol. The van der Waals surface area contributed by atoms with Gasteiger partial charge in [-0.2, -0.15) is 0 Å². The smallest absolute Gasteiger partial charge is 0.408 e. The maximum atomic E-state index is 14.9. The molecule has 0 unspecified atom stereocenters. The number of fused-ring (bicyclic) bond motifs is 5. The number of carbonyl (C=O) groups excluding carboxylic acids is 5. The number of carbonyl (C=O) groups is 5. The maximum absolute atomic E-state index is 14.9. The van der Waals surface area contributed by atoms with Crippen LogP contribution in [0.15, 0.2) is 53.1 Å². The van der Waals surface area contributed by atoms with Crippen LogP contribution in [0.4, 0.5) is 4.79 Å². The Morgan fingerprint density at radius 2 is 1.66 bits per heavy atom. The highest BCUT2D eigenvalue weighted by Crippen LogP contribution is 2.64. The van der Waals surface area contributed by atoms with Crippen LogP contribution in [0.1, 0.15) is 93.7 Å². The Bertz CT molecular complexity index is 1810. The van der Waals surface area contributed by atoms with Crippen molar-refractivity contribution in [2.75, 3.05) is 6.61 Å². The molecule has 5 rings (SSSR count). The second-order valence-electron chi connectivity index (χ2n) is 17.2. The first kappa shape index (κ1) is 43.0. The Balaban J connectivity index is 1.66. The lowest BCUT2D eigenvalue weighted by Crippen LogP contribution is -2.81. The quantitative estimate of drug-likeness (QED) is 0.111. The normalized spacial score (nSPS) is 34.9. The minimum absolute atomic E-state index is 0.0563. The van der Waals surface area contributed by atoms with E-state index in [1.807, 2.05) is 0 Å². The molecule has 56 heavy (non-hydrogen) atoms. The summed E-state index contributed by atoms with van der Waals surface area (Å²) >= 11 is 0. The number of hydrogen-bond donors (Lipinski definition) is 5. The van der Waals surface area contributed by atoms with Crippen LogP contribution in [0.25, 0.3) is 0 Å². The van der Waals surface area contributed by atoms with Crippen molar-refractivity contribution in [3.8, 4) is 0 Å². The van der Waals surface area contributed by atoms with Gasteiger partial charge in [-0.05, 0) is 65.2 Å². The first-order chi connectivity index (χ1) is 25.9. The van der Waals surface area contributed by atoms with Crippen LogP contribution >= 0.6 is 0 Å². The van der Waals surface area contributed by atoms with E-state index in [2.05, 4.69) is 5.32 Å². The molecule has 2 bridgehead atoms. The molecule has 1 amide bonds. The molecule has 15 heteroatoms. The SMILES string of the molecule is CC=C(C)C(=O)O[C@H]1[C@H]2[C@]3(OC(C)=O)CO[C@@H]3C[C@H](O)[C@]2(C)C(=O)[C@H](O)C2=C(C)[C@@H](OC(=O)[C@H](O)[C@@H](NC(=O)OC(C)(C)C)c3ccccc3)C[C@@]1(O)C2(C)C. The third-order valence-electron chi connectivity index (χ3n) is 12.3. The van der Waals surface area contributed by atoms with E-state index < -0.39 is 112 Å². The van der Waals surface area contributed by atoms with Gasteiger partial charge in [0.1, 0.15) is 35.6 Å². The van der Waals surface area contributed by atoms with E-state index in [9.17, 15) is 44.4 Å². The average molecular weight is 786 g/mol. The second-order valence-corrected chi connectivity index (χ2v) is 17.2. The number of benzene rings is 1. The number of aliphatic hydroxyl groups is 4. The number of allylic oxidation sites excluding steroid dienone is 1. The van der Waals surface area contributed by atoms with Gasteiger partial charge in [0.2, 0.25) is 0 Å². The highest BCUT2D eigenvalue weighted by atomic mass is 16.6. The van der Waals surface area contributed by atoms with E-state index >= 15 is 0 Å². The minimum atomic E-state index is -2.33. The van der Waals surface area contributed by atoms with Crippen LogP contribution in [0.3, 0.4) is 0 Å². The Kier molecular flexibility index (Phi) is 11.5. The lowest BCUT2D eigenvalue weighted by atomic mass is 9.44. The maximum Gasteiger partial charge on any atom is 0.408 e. The number of esters is 3. The first-order valence-corrected chi connectivity index (χ1v) is 18.8.